The molecule has 49 valence electrons. The normalized spacial score (nSPS) is 10.0. The van der Waals surface area contributed by atoms with Crippen molar-refractivity contribution in [1.82, 2.24) is 19.7 Å². The first-order valence-electron chi connectivity index (χ1n) is 2.43. The minimum Gasteiger partial charge on any atom is -0.332 e. The van der Waals surface area contributed by atoms with Gasteiger partial charge in [-0.05, 0) is 11.5 Å². The van der Waals surface area contributed by atoms with E-state index in [0.29, 0.717) is 11.5 Å². The molecule has 10 heavy (non-hydrogen) atoms. The van der Waals surface area contributed by atoms with E-state index in [0.717, 1.165) is 0 Å². The summed E-state index contributed by atoms with van der Waals surface area (Å²) in [4.78, 5) is 3.87. The van der Waals surface area contributed by atoms with E-state index in [1.54, 1.807) is 5.51 Å². The molecule has 0 saturated carbocycles. The summed E-state index contributed by atoms with van der Waals surface area (Å²) in [5.41, 5.74) is 2.05. The Hall–Kier alpha value is -1.30. The summed E-state index contributed by atoms with van der Waals surface area (Å²) in [7, 11) is 0. The molecule has 0 aliphatic carbocycles. The molecule has 0 atom stereocenters. The molecular formula is C4HN4OS. The second-order valence-electron chi connectivity index (χ2n) is 1.48. The first-order chi connectivity index (χ1) is 4.97. The molecule has 6 heteroatoms. The number of hydrogen-bond acceptors (Lipinski definition) is 6. The first-order valence-corrected chi connectivity index (χ1v) is 3.27. The van der Waals surface area contributed by atoms with Crippen molar-refractivity contribution in [3.8, 4) is 11.5 Å². The fraction of sp³-hybridized carbons (Fsp3) is 0. The van der Waals surface area contributed by atoms with Crippen LogP contribution in [0.5, 0.6) is 0 Å². The lowest BCUT2D eigenvalue weighted by molar-refractivity contribution is 0.387. The van der Waals surface area contributed by atoms with E-state index >= 15 is 0 Å². The minimum absolute atomic E-state index is 0.446. The van der Waals surface area contributed by atoms with Crippen LogP contribution in [0.1, 0.15) is 0 Å². The molecule has 0 aliphatic heterocycles. The summed E-state index contributed by atoms with van der Waals surface area (Å²) >= 11 is 1.25. The summed E-state index contributed by atoms with van der Waals surface area (Å²) in [6, 6.07) is 0. The van der Waals surface area contributed by atoms with E-state index in [1.165, 1.54) is 11.5 Å². The number of nitrogens with zero attached hydrogens (tertiary/aromatic N) is 4. The van der Waals surface area contributed by atoms with Crippen LogP contribution in [0.2, 0.25) is 0 Å². The van der Waals surface area contributed by atoms with Crippen molar-refractivity contribution in [2.24, 2.45) is 0 Å². The molecule has 5 nitrogen and oxygen atoms in total. The van der Waals surface area contributed by atoms with Gasteiger partial charge in [-0.3, -0.25) is 0 Å². The third-order valence-electron chi connectivity index (χ3n) is 0.897. The fourth-order valence-corrected chi connectivity index (χ4v) is 0.938. The van der Waals surface area contributed by atoms with E-state index in [9.17, 15) is 0 Å². The quantitative estimate of drug-likeness (QED) is 0.592. The molecule has 0 amide bonds. The molecule has 2 heterocycles. The van der Waals surface area contributed by atoms with Crippen LogP contribution >= 0.6 is 11.5 Å². The Morgan fingerprint density at radius 3 is 3.20 bits per heavy atom. The highest BCUT2D eigenvalue weighted by atomic mass is 32.1. The van der Waals surface area contributed by atoms with Crippen molar-refractivity contribution in [2.45, 2.75) is 0 Å². The Balaban J connectivity index is 2.48. The van der Waals surface area contributed by atoms with E-state index in [2.05, 4.69) is 30.5 Å². The van der Waals surface area contributed by atoms with E-state index in [-0.39, 0.29) is 0 Å². The molecule has 0 saturated heterocycles. The van der Waals surface area contributed by atoms with Gasteiger partial charge < -0.3 is 4.52 Å². The van der Waals surface area contributed by atoms with E-state index in [4.69, 9.17) is 0 Å². The van der Waals surface area contributed by atoms with Crippen molar-refractivity contribution in [1.29, 1.82) is 0 Å². The van der Waals surface area contributed by atoms with Crippen LogP contribution in [-0.2, 0) is 0 Å². The molecule has 2 aromatic heterocycles. The summed E-state index contributed by atoms with van der Waals surface area (Å²) < 4.78 is 8.27. The lowest BCUT2D eigenvalue weighted by Crippen LogP contribution is -1.78. The van der Waals surface area contributed by atoms with E-state index < -0.39 is 0 Å². The molecule has 2 rings (SSSR count). The third-order valence-corrected chi connectivity index (χ3v) is 1.38. The van der Waals surface area contributed by atoms with E-state index in [1.807, 2.05) is 0 Å². The van der Waals surface area contributed by atoms with Gasteiger partial charge in [-0.2, -0.15) is 4.37 Å². The van der Waals surface area contributed by atoms with Gasteiger partial charge in [0.1, 0.15) is 5.51 Å². The van der Waals surface area contributed by atoms with Gasteiger partial charge in [0, 0.05) is 5.27 Å². The smallest absolute Gasteiger partial charge is 0.239 e. The van der Waals surface area contributed by atoms with Crippen molar-refractivity contribution >= 4 is 11.5 Å². The predicted molar refractivity (Wildman–Crippen MR) is 32.0 cm³/mol. The monoisotopic (exact) mass is 153 g/mol. The van der Waals surface area contributed by atoms with Crippen molar-refractivity contribution in [3.63, 3.8) is 0 Å². The molecule has 0 fully saturated rings. The zero-order valence-electron chi connectivity index (χ0n) is 4.68. The van der Waals surface area contributed by atoms with Crippen LogP contribution in [0.25, 0.3) is 11.5 Å². The van der Waals surface area contributed by atoms with Gasteiger partial charge in [0.25, 0.3) is 0 Å². The summed E-state index contributed by atoms with van der Waals surface area (Å²) in [5, 5.41) is 6.79. The largest absolute Gasteiger partial charge is 0.332 e. The zero-order chi connectivity index (χ0) is 6.81. The van der Waals surface area contributed by atoms with Crippen LogP contribution in [0.3, 0.4) is 0 Å². The number of aromatic nitrogens is 4. The second-order valence-corrected chi connectivity index (χ2v) is 2.08. The molecule has 0 aromatic carbocycles. The molecule has 0 N–H and O–H groups in total. The van der Waals surface area contributed by atoms with Crippen LogP contribution in [0.15, 0.2) is 10.0 Å². The Morgan fingerprint density at radius 2 is 2.60 bits per heavy atom. The molecule has 1 radical (unpaired) electrons. The van der Waals surface area contributed by atoms with Crippen LogP contribution in [-0.4, -0.2) is 19.7 Å². The van der Waals surface area contributed by atoms with Crippen LogP contribution in [0, 0.1) is 6.26 Å². The maximum Gasteiger partial charge on any atom is 0.239 e. The highest BCUT2D eigenvalue weighted by molar-refractivity contribution is 7.03. The highest BCUT2D eigenvalue weighted by Crippen LogP contribution is 2.09. The molecular weight excluding hydrogens is 152 g/mol. The molecule has 0 bridgehead atoms. The SMILES string of the molecule is [c]1onnc1-c1ncsn1. The van der Waals surface area contributed by atoms with Gasteiger partial charge in [-0.1, -0.05) is 0 Å². The van der Waals surface area contributed by atoms with Gasteiger partial charge in [0.05, 0.1) is 0 Å². The number of hydrogen-bond donors (Lipinski definition) is 0. The van der Waals surface area contributed by atoms with Gasteiger partial charge in [0.2, 0.25) is 6.26 Å². The summed E-state index contributed by atoms with van der Waals surface area (Å²) in [6.07, 6.45) is 2.42. The average Bonchev–Trinajstić information content (AvgIpc) is 2.59. The van der Waals surface area contributed by atoms with Crippen molar-refractivity contribution in [3.05, 3.63) is 11.8 Å². The maximum absolute atomic E-state index is 4.38. The topological polar surface area (TPSA) is 64.7 Å². The summed E-state index contributed by atoms with van der Waals surface area (Å²) in [5.74, 6) is 0.506. The molecule has 0 aliphatic rings. The Morgan fingerprint density at radius 1 is 1.60 bits per heavy atom. The Labute approximate surface area is 59.9 Å². The lowest BCUT2D eigenvalue weighted by Gasteiger charge is -1.76. The van der Waals surface area contributed by atoms with Crippen molar-refractivity contribution in [2.75, 3.05) is 0 Å². The Bertz CT molecular complexity index is 257. The number of rotatable bonds is 1. The van der Waals surface area contributed by atoms with Gasteiger partial charge in [0.15, 0.2) is 11.5 Å². The van der Waals surface area contributed by atoms with Gasteiger partial charge in [-0.15, -0.1) is 5.10 Å². The molecule has 0 unspecified atom stereocenters. The minimum atomic E-state index is 0.446. The standard InChI is InChI=1S/C4HN4OS/c1-3(6-8-9-1)4-5-2-10-7-4/h2H. The van der Waals surface area contributed by atoms with Crippen molar-refractivity contribution < 1.29 is 4.52 Å². The highest BCUT2D eigenvalue weighted by Gasteiger charge is 2.05. The summed E-state index contributed by atoms with van der Waals surface area (Å²) in [6.45, 7) is 0. The van der Waals surface area contributed by atoms with Crippen LogP contribution < -0.4 is 0 Å². The zero-order valence-corrected chi connectivity index (χ0v) is 5.50. The molecule has 0 spiro atoms. The first kappa shape index (κ1) is 5.48. The van der Waals surface area contributed by atoms with Gasteiger partial charge in [-0.25, -0.2) is 4.98 Å². The molecule has 2 aromatic rings. The Kier molecular flexibility index (Phi) is 1.17. The lowest BCUT2D eigenvalue weighted by atomic mass is 10.5. The third kappa shape index (κ3) is 0.781. The second kappa shape index (κ2) is 2.14. The maximum atomic E-state index is 4.38. The predicted octanol–water partition coefficient (Wildman–Crippen LogP) is 0.388. The average molecular weight is 153 g/mol. The van der Waals surface area contributed by atoms with Gasteiger partial charge >= 0.3 is 0 Å². The fourth-order valence-electron chi connectivity index (χ4n) is 0.511. The van der Waals surface area contributed by atoms with Crippen LogP contribution in [0.4, 0.5) is 0 Å².